The SMILES string of the molecule is CC(C)C1=NN(C(=O)c2ccc(N(C)C)cc2)[C@@](O)(C(F)(F)F)C1. The monoisotopic (exact) mass is 343 g/mol. The van der Waals surface area contributed by atoms with E-state index in [4.69, 9.17) is 0 Å². The van der Waals surface area contributed by atoms with Crippen molar-refractivity contribution >= 4 is 17.3 Å². The zero-order valence-corrected chi connectivity index (χ0v) is 13.9. The number of hydrogen-bond donors (Lipinski definition) is 1. The molecule has 1 aromatic carbocycles. The maximum absolute atomic E-state index is 13.4. The van der Waals surface area contributed by atoms with Crippen LogP contribution in [0, 0.1) is 5.92 Å². The van der Waals surface area contributed by atoms with Crippen LogP contribution in [0.5, 0.6) is 0 Å². The number of anilines is 1. The summed E-state index contributed by atoms with van der Waals surface area (Å²) in [4.78, 5) is 14.3. The van der Waals surface area contributed by atoms with Gasteiger partial charge in [-0.2, -0.15) is 23.3 Å². The van der Waals surface area contributed by atoms with Crippen molar-refractivity contribution in [3.05, 3.63) is 29.8 Å². The minimum absolute atomic E-state index is 0.0250. The number of rotatable bonds is 3. The molecule has 132 valence electrons. The maximum atomic E-state index is 13.4. The first-order valence-corrected chi connectivity index (χ1v) is 7.46. The van der Waals surface area contributed by atoms with E-state index in [0.717, 1.165) is 5.69 Å². The molecule has 0 radical (unpaired) electrons. The largest absolute Gasteiger partial charge is 0.438 e. The lowest BCUT2D eigenvalue weighted by Crippen LogP contribution is -2.56. The topological polar surface area (TPSA) is 56.1 Å². The quantitative estimate of drug-likeness (QED) is 0.918. The van der Waals surface area contributed by atoms with Crippen LogP contribution < -0.4 is 4.90 Å². The van der Waals surface area contributed by atoms with Gasteiger partial charge >= 0.3 is 6.18 Å². The Kier molecular flexibility index (Phi) is 4.63. The molecule has 0 saturated heterocycles. The van der Waals surface area contributed by atoms with Crippen LogP contribution in [0.25, 0.3) is 0 Å². The van der Waals surface area contributed by atoms with Crippen LogP contribution in [-0.4, -0.2) is 47.7 Å². The molecule has 0 fully saturated rings. The summed E-state index contributed by atoms with van der Waals surface area (Å²) < 4.78 is 40.1. The summed E-state index contributed by atoms with van der Waals surface area (Å²) in [6.45, 7) is 3.32. The fourth-order valence-corrected chi connectivity index (χ4v) is 2.35. The molecule has 0 aliphatic carbocycles. The molecular weight excluding hydrogens is 323 g/mol. The van der Waals surface area contributed by atoms with E-state index in [1.807, 2.05) is 0 Å². The molecule has 5 nitrogen and oxygen atoms in total. The number of halogens is 3. The predicted molar refractivity (Wildman–Crippen MR) is 84.8 cm³/mol. The van der Waals surface area contributed by atoms with Gasteiger partial charge in [-0.1, -0.05) is 13.8 Å². The van der Waals surface area contributed by atoms with Crippen molar-refractivity contribution in [2.75, 3.05) is 19.0 Å². The Hall–Kier alpha value is -2.09. The van der Waals surface area contributed by atoms with Gasteiger partial charge < -0.3 is 10.0 Å². The van der Waals surface area contributed by atoms with E-state index in [1.54, 1.807) is 45.0 Å². The second-order valence-corrected chi connectivity index (χ2v) is 6.30. The minimum atomic E-state index is -5.01. The van der Waals surface area contributed by atoms with E-state index in [-0.39, 0.29) is 22.2 Å². The fourth-order valence-electron chi connectivity index (χ4n) is 2.35. The van der Waals surface area contributed by atoms with Gasteiger partial charge in [0.05, 0.1) is 0 Å². The Bertz CT molecular complexity index is 654. The normalized spacial score (nSPS) is 21.2. The number of benzene rings is 1. The molecule has 1 aliphatic rings. The van der Waals surface area contributed by atoms with Crippen LogP contribution in [0.4, 0.5) is 18.9 Å². The summed E-state index contributed by atoms with van der Waals surface area (Å²) in [5.41, 5.74) is -2.36. The average Bonchev–Trinajstić information content (AvgIpc) is 2.86. The molecule has 0 saturated carbocycles. The van der Waals surface area contributed by atoms with E-state index < -0.39 is 24.2 Å². The number of carbonyl (C=O) groups excluding carboxylic acids is 1. The highest BCUT2D eigenvalue weighted by Crippen LogP contribution is 2.42. The van der Waals surface area contributed by atoms with Crippen molar-refractivity contribution in [1.29, 1.82) is 0 Å². The Morgan fingerprint density at radius 1 is 1.29 bits per heavy atom. The van der Waals surface area contributed by atoms with Crippen LogP contribution in [0.2, 0.25) is 0 Å². The van der Waals surface area contributed by atoms with E-state index in [9.17, 15) is 23.1 Å². The Morgan fingerprint density at radius 3 is 2.25 bits per heavy atom. The predicted octanol–water partition coefficient (Wildman–Crippen LogP) is 2.86. The van der Waals surface area contributed by atoms with Crippen LogP contribution in [0.3, 0.4) is 0 Å². The molecule has 0 unspecified atom stereocenters. The number of hydrazone groups is 1. The van der Waals surface area contributed by atoms with Crippen molar-refractivity contribution < 1.29 is 23.1 Å². The maximum Gasteiger partial charge on any atom is 0.438 e. The molecular formula is C16H20F3N3O2. The molecule has 8 heteroatoms. The van der Waals surface area contributed by atoms with Gasteiger partial charge in [0, 0.05) is 37.5 Å². The van der Waals surface area contributed by atoms with Gasteiger partial charge in [0.1, 0.15) is 0 Å². The Balaban J connectivity index is 2.40. The van der Waals surface area contributed by atoms with Crippen molar-refractivity contribution in [2.45, 2.75) is 32.2 Å². The highest BCUT2D eigenvalue weighted by atomic mass is 19.4. The second-order valence-electron chi connectivity index (χ2n) is 6.30. The van der Waals surface area contributed by atoms with Crippen molar-refractivity contribution in [2.24, 2.45) is 11.0 Å². The molecule has 1 heterocycles. The van der Waals surface area contributed by atoms with E-state index in [2.05, 4.69) is 5.10 Å². The number of nitrogens with zero attached hydrogens (tertiary/aromatic N) is 3. The van der Waals surface area contributed by atoms with Crippen molar-refractivity contribution in [1.82, 2.24) is 5.01 Å². The molecule has 1 N–H and O–H groups in total. The summed E-state index contributed by atoms with van der Waals surface area (Å²) in [5.74, 6) is -1.30. The number of carbonyl (C=O) groups is 1. The number of aliphatic hydroxyl groups is 1. The van der Waals surface area contributed by atoms with Gasteiger partial charge in [0.15, 0.2) is 0 Å². The Morgan fingerprint density at radius 2 is 1.83 bits per heavy atom. The first-order valence-electron chi connectivity index (χ1n) is 7.46. The first kappa shape index (κ1) is 18.3. The number of hydrogen-bond acceptors (Lipinski definition) is 4. The summed E-state index contributed by atoms with van der Waals surface area (Å²) in [5, 5.41) is 14.1. The lowest BCUT2D eigenvalue weighted by molar-refractivity contribution is -0.297. The lowest BCUT2D eigenvalue weighted by atomic mass is 9.98. The van der Waals surface area contributed by atoms with Crippen LogP contribution in [-0.2, 0) is 0 Å². The Labute approximate surface area is 138 Å². The molecule has 2 rings (SSSR count). The highest BCUT2D eigenvalue weighted by Gasteiger charge is 2.63. The lowest BCUT2D eigenvalue weighted by Gasteiger charge is -2.32. The van der Waals surface area contributed by atoms with Crippen molar-refractivity contribution in [3.8, 4) is 0 Å². The third kappa shape index (κ3) is 3.10. The van der Waals surface area contributed by atoms with Crippen LogP contribution in [0.15, 0.2) is 29.4 Å². The average molecular weight is 343 g/mol. The molecule has 1 aromatic rings. The summed E-state index contributed by atoms with van der Waals surface area (Å²) in [6.07, 6.45) is -5.75. The van der Waals surface area contributed by atoms with Gasteiger partial charge in [-0.15, -0.1) is 0 Å². The zero-order valence-electron chi connectivity index (χ0n) is 13.9. The highest BCUT2D eigenvalue weighted by molar-refractivity contribution is 5.99. The molecule has 0 bridgehead atoms. The van der Waals surface area contributed by atoms with Gasteiger partial charge in [-0.25, -0.2) is 0 Å². The minimum Gasteiger partial charge on any atom is -0.378 e. The van der Waals surface area contributed by atoms with Gasteiger partial charge in [-0.05, 0) is 30.2 Å². The van der Waals surface area contributed by atoms with Gasteiger partial charge in [-0.3, -0.25) is 4.79 Å². The summed E-state index contributed by atoms with van der Waals surface area (Å²) in [6, 6.07) is 6.06. The third-order valence-electron chi connectivity index (χ3n) is 3.95. The third-order valence-corrected chi connectivity index (χ3v) is 3.95. The standard InChI is InChI=1S/C16H20F3N3O2/c1-10(2)13-9-15(24,16(17,18)19)22(20-13)14(23)11-5-7-12(8-6-11)21(3)4/h5-8,10,24H,9H2,1-4H3/t15-/m0/s1. The molecule has 0 spiro atoms. The first-order chi connectivity index (χ1) is 11.0. The van der Waals surface area contributed by atoms with E-state index >= 15 is 0 Å². The zero-order chi connectivity index (χ0) is 18.3. The summed E-state index contributed by atoms with van der Waals surface area (Å²) in [7, 11) is 3.61. The van der Waals surface area contributed by atoms with Gasteiger partial charge in [0.25, 0.3) is 11.6 Å². The van der Waals surface area contributed by atoms with Gasteiger partial charge in [0.2, 0.25) is 0 Å². The van der Waals surface area contributed by atoms with Crippen molar-refractivity contribution in [3.63, 3.8) is 0 Å². The molecule has 1 atom stereocenters. The van der Waals surface area contributed by atoms with E-state index in [1.165, 1.54) is 12.1 Å². The number of amides is 1. The van der Waals surface area contributed by atoms with E-state index in [0.29, 0.717) is 0 Å². The fraction of sp³-hybridized carbons (Fsp3) is 0.500. The van der Waals surface area contributed by atoms with Crippen LogP contribution >= 0.6 is 0 Å². The molecule has 1 aliphatic heterocycles. The summed E-state index contributed by atoms with van der Waals surface area (Å²) >= 11 is 0. The molecule has 24 heavy (non-hydrogen) atoms. The number of alkyl halides is 3. The molecule has 0 aromatic heterocycles. The smallest absolute Gasteiger partial charge is 0.378 e. The van der Waals surface area contributed by atoms with Crippen LogP contribution in [0.1, 0.15) is 30.6 Å². The molecule has 1 amide bonds. The second kappa shape index (κ2) is 6.08.